The van der Waals surface area contributed by atoms with Gasteiger partial charge in [-0.05, 0) is 18.9 Å². The molecule has 0 aromatic heterocycles. The summed E-state index contributed by atoms with van der Waals surface area (Å²) in [5.41, 5.74) is 0. The molecule has 0 aliphatic rings. The maximum atomic E-state index is 11.8. The first kappa shape index (κ1) is 15.9. The van der Waals surface area contributed by atoms with Crippen LogP contribution in [-0.4, -0.2) is 45.2 Å². The van der Waals surface area contributed by atoms with Gasteiger partial charge in [0, 0.05) is 20.1 Å². The van der Waals surface area contributed by atoms with Gasteiger partial charge in [-0.15, -0.1) is 0 Å². The maximum absolute atomic E-state index is 11.8. The standard InChI is InChI=1S/C11H26N2O2S/c1-5-7-12-8-9-16(14,15)13(4)10-11(3)6-2/h11-12H,5-10H2,1-4H3. The van der Waals surface area contributed by atoms with Gasteiger partial charge in [-0.25, -0.2) is 12.7 Å². The molecule has 0 saturated carbocycles. The van der Waals surface area contributed by atoms with E-state index >= 15 is 0 Å². The van der Waals surface area contributed by atoms with Crippen molar-refractivity contribution in [3.05, 3.63) is 0 Å². The molecule has 0 aliphatic carbocycles. The molecule has 1 unspecified atom stereocenters. The minimum atomic E-state index is -3.08. The Balaban J connectivity index is 4.01. The zero-order valence-corrected chi connectivity index (χ0v) is 11.8. The van der Waals surface area contributed by atoms with Crippen LogP contribution in [0.15, 0.2) is 0 Å². The first-order chi connectivity index (χ1) is 7.44. The maximum Gasteiger partial charge on any atom is 0.215 e. The van der Waals surface area contributed by atoms with Crippen molar-refractivity contribution < 1.29 is 8.42 Å². The lowest BCUT2D eigenvalue weighted by atomic mass is 10.1. The lowest BCUT2D eigenvalue weighted by molar-refractivity contribution is 0.393. The van der Waals surface area contributed by atoms with E-state index in [0.29, 0.717) is 19.0 Å². The minimum absolute atomic E-state index is 0.194. The zero-order valence-electron chi connectivity index (χ0n) is 11.0. The van der Waals surface area contributed by atoms with Crippen LogP contribution >= 0.6 is 0 Å². The predicted molar refractivity (Wildman–Crippen MR) is 69.0 cm³/mol. The SMILES string of the molecule is CCCNCCS(=O)(=O)N(C)CC(C)CC. The van der Waals surface area contributed by atoms with Crippen molar-refractivity contribution in [1.29, 1.82) is 0 Å². The summed E-state index contributed by atoms with van der Waals surface area (Å²) in [5.74, 6) is 0.614. The van der Waals surface area contributed by atoms with E-state index in [0.717, 1.165) is 19.4 Å². The molecular formula is C11H26N2O2S. The number of nitrogens with zero attached hydrogens (tertiary/aromatic N) is 1. The van der Waals surface area contributed by atoms with Crippen molar-refractivity contribution in [2.45, 2.75) is 33.6 Å². The van der Waals surface area contributed by atoms with Crippen LogP contribution in [0.1, 0.15) is 33.6 Å². The smallest absolute Gasteiger partial charge is 0.215 e. The Bertz CT molecular complexity index is 265. The van der Waals surface area contributed by atoms with E-state index in [1.165, 1.54) is 4.31 Å². The third kappa shape index (κ3) is 6.45. The van der Waals surface area contributed by atoms with E-state index in [1.54, 1.807) is 7.05 Å². The molecule has 0 amide bonds. The highest BCUT2D eigenvalue weighted by atomic mass is 32.2. The lowest BCUT2D eigenvalue weighted by Gasteiger charge is -2.20. The zero-order chi connectivity index (χ0) is 12.6. The summed E-state index contributed by atoms with van der Waals surface area (Å²) >= 11 is 0. The van der Waals surface area contributed by atoms with Crippen molar-refractivity contribution in [2.24, 2.45) is 5.92 Å². The number of nitrogens with one attached hydrogen (secondary N) is 1. The topological polar surface area (TPSA) is 49.4 Å². The van der Waals surface area contributed by atoms with E-state index < -0.39 is 10.0 Å². The molecule has 0 rings (SSSR count). The molecule has 0 radical (unpaired) electrons. The van der Waals surface area contributed by atoms with E-state index in [-0.39, 0.29) is 5.75 Å². The highest BCUT2D eigenvalue weighted by Gasteiger charge is 2.18. The summed E-state index contributed by atoms with van der Waals surface area (Å²) in [6.45, 7) is 8.25. The van der Waals surface area contributed by atoms with Crippen LogP contribution in [0.25, 0.3) is 0 Å². The largest absolute Gasteiger partial charge is 0.316 e. The third-order valence-corrected chi connectivity index (χ3v) is 4.52. The van der Waals surface area contributed by atoms with Gasteiger partial charge < -0.3 is 5.32 Å². The first-order valence-corrected chi connectivity index (χ1v) is 7.69. The molecule has 5 heteroatoms. The molecule has 0 aliphatic heterocycles. The Kier molecular flexibility index (Phi) is 7.97. The van der Waals surface area contributed by atoms with Gasteiger partial charge in [-0.3, -0.25) is 0 Å². The second-order valence-corrected chi connectivity index (χ2v) is 6.56. The predicted octanol–water partition coefficient (Wildman–Crippen LogP) is 1.29. The molecule has 4 nitrogen and oxygen atoms in total. The Morgan fingerprint density at radius 1 is 1.25 bits per heavy atom. The summed E-state index contributed by atoms with van der Waals surface area (Å²) in [6, 6.07) is 0. The van der Waals surface area contributed by atoms with Gasteiger partial charge in [0.25, 0.3) is 0 Å². The Labute approximate surface area is 100 Å². The Morgan fingerprint density at radius 2 is 1.88 bits per heavy atom. The summed E-state index contributed by atoms with van der Waals surface area (Å²) < 4.78 is 25.1. The van der Waals surface area contributed by atoms with Crippen LogP contribution in [0.5, 0.6) is 0 Å². The molecular weight excluding hydrogens is 224 g/mol. The molecule has 98 valence electrons. The Hall–Kier alpha value is -0.130. The average molecular weight is 250 g/mol. The van der Waals surface area contributed by atoms with Crippen molar-refractivity contribution in [2.75, 3.05) is 32.4 Å². The number of hydrogen-bond donors (Lipinski definition) is 1. The molecule has 0 aromatic rings. The van der Waals surface area contributed by atoms with E-state index in [1.807, 2.05) is 0 Å². The van der Waals surface area contributed by atoms with Gasteiger partial charge in [0.2, 0.25) is 10.0 Å². The van der Waals surface area contributed by atoms with Gasteiger partial charge in [-0.1, -0.05) is 27.2 Å². The summed E-state index contributed by atoms with van der Waals surface area (Å²) in [5, 5.41) is 3.11. The molecule has 0 heterocycles. The molecule has 0 saturated heterocycles. The molecule has 0 spiro atoms. The van der Waals surface area contributed by atoms with Gasteiger partial charge in [-0.2, -0.15) is 0 Å². The van der Waals surface area contributed by atoms with Crippen molar-refractivity contribution in [3.63, 3.8) is 0 Å². The molecule has 0 aromatic carbocycles. The quantitative estimate of drug-likeness (QED) is 0.627. The van der Waals surface area contributed by atoms with Gasteiger partial charge in [0.05, 0.1) is 5.75 Å². The number of hydrogen-bond acceptors (Lipinski definition) is 3. The van der Waals surface area contributed by atoms with Gasteiger partial charge in [0.1, 0.15) is 0 Å². The molecule has 0 fully saturated rings. The van der Waals surface area contributed by atoms with Gasteiger partial charge in [0.15, 0.2) is 0 Å². The fourth-order valence-electron chi connectivity index (χ4n) is 1.34. The average Bonchev–Trinajstić information content (AvgIpc) is 2.24. The Morgan fingerprint density at radius 3 is 2.38 bits per heavy atom. The van der Waals surface area contributed by atoms with Gasteiger partial charge >= 0.3 is 0 Å². The van der Waals surface area contributed by atoms with Crippen LogP contribution in [0.4, 0.5) is 0 Å². The van der Waals surface area contributed by atoms with E-state index in [4.69, 9.17) is 0 Å². The second kappa shape index (κ2) is 8.03. The summed E-state index contributed by atoms with van der Waals surface area (Å²) in [4.78, 5) is 0. The van der Waals surface area contributed by atoms with E-state index in [2.05, 4.69) is 26.1 Å². The van der Waals surface area contributed by atoms with Crippen LogP contribution in [0, 0.1) is 5.92 Å². The number of rotatable bonds is 9. The van der Waals surface area contributed by atoms with Crippen molar-refractivity contribution >= 4 is 10.0 Å². The third-order valence-electron chi connectivity index (χ3n) is 2.70. The van der Waals surface area contributed by atoms with Crippen molar-refractivity contribution in [3.8, 4) is 0 Å². The van der Waals surface area contributed by atoms with Crippen LogP contribution in [-0.2, 0) is 10.0 Å². The lowest BCUT2D eigenvalue weighted by Crippen LogP contribution is -2.36. The monoisotopic (exact) mass is 250 g/mol. The van der Waals surface area contributed by atoms with Crippen LogP contribution in [0.2, 0.25) is 0 Å². The normalized spacial score (nSPS) is 14.3. The second-order valence-electron chi connectivity index (χ2n) is 4.36. The van der Waals surface area contributed by atoms with Crippen LogP contribution in [0.3, 0.4) is 0 Å². The first-order valence-electron chi connectivity index (χ1n) is 6.08. The fourth-order valence-corrected chi connectivity index (χ4v) is 2.54. The minimum Gasteiger partial charge on any atom is -0.316 e. The molecule has 0 bridgehead atoms. The summed E-state index contributed by atoms with van der Waals surface area (Å²) in [7, 11) is -1.41. The van der Waals surface area contributed by atoms with E-state index in [9.17, 15) is 8.42 Å². The highest BCUT2D eigenvalue weighted by Crippen LogP contribution is 2.06. The fraction of sp³-hybridized carbons (Fsp3) is 1.00. The molecule has 1 N–H and O–H groups in total. The molecule has 1 atom stereocenters. The van der Waals surface area contributed by atoms with Crippen LogP contribution < -0.4 is 5.32 Å². The number of sulfonamides is 1. The summed E-state index contributed by atoms with van der Waals surface area (Å²) in [6.07, 6.45) is 2.04. The highest BCUT2D eigenvalue weighted by molar-refractivity contribution is 7.89. The van der Waals surface area contributed by atoms with Crippen molar-refractivity contribution in [1.82, 2.24) is 9.62 Å². The molecule has 16 heavy (non-hydrogen) atoms.